The smallest absolute Gasteiger partial charge is 0.0120 e. The number of rotatable bonds is 6. The Morgan fingerprint density at radius 2 is 1.54 bits per heavy atom. The monoisotopic (exact) mass is 362 g/mol. The molecule has 1 aliphatic carbocycles. The molecule has 0 aromatic rings. The third-order valence-electron chi connectivity index (χ3n) is 8.01. The summed E-state index contributed by atoms with van der Waals surface area (Å²) in [4.78, 5) is 8.25. The fourth-order valence-electron chi connectivity index (χ4n) is 6.11. The maximum atomic E-state index is 6.08. The van der Waals surface area contributed by atoms with Gasteiger partial charge in [0.2, 0.25) is 0 Å². The fraction of sp³-hybridized carbons (Fsp3) is 1.00. The third-order valence-corrected chi connectivity index (χ3v) is 8.01. The van der Waals surface area contributed by atoms with E-state index in [0.717, 1.165) is 12.1 Å². The Bertz CT molecular complexity index is 461. The van der Waals surface area contributed by atoms with E-state index in [-0.39, 0.29) is 0 Å². The second kappa shape index (κ2) is 7.35. The third kappa shape index (κ3) is 4.14. The number of nitrogens with zero attached hydrogens (tertiary/aromatic N) is 3. The SMILES string of the molecule is CC(N)CC1(CN2CCC(N3CC4(CCN(C(C)C)CC4)C3)CC2)CC1. The summed E-state index contributed by atoms with van der Waals surface area (Å²) >= 11 is 0. The molecule has 4 nitrogen and oxygen atoms in total. The normalized spacial score (nSPS) is 31.3. The van der Waals surface area contributed by atoms with Gasteiger partial charge in [0.15, 0.2) is 0 Å². The van der Waals surface area contributed by atoms with Crippen molar-refractivity contribution in [2.45, 2.75) is 83.8 Å². The first-order valence-corrected chi connectivity index (χ1v) is 11.3. The lowest BCUT2D eigenvalue weighted by atomic mass is 9.70. The molecule has 3 aliphatic heterocycles. The number of hydrogen-bond donors (Lipinski definition) is 1. The molecule has 150 valence electrons. The first-order valence-electron chi connectivity index (χ1n) is 11.3. The van der Waals surface area contributed by atoms with Crippen LogP contribution in [0.2, 0.25) is 0 Å². The van der Waals surface area contributed by atoms with Crippen molar-refractivity contribution in [3.8, 4) is 0 Å². The molecule has 1 saturated carbocycles. The van der Waals surface area contributed by atoms with Crippen molar-refractivity contribution >= 4 is 0 Å². The molecular formula is C22H42N4. The van der Waals surface area contributed by atoms with E-state index in [1.165, 1.54) is 90.8 Å². The van der Waals surface area contributed by atoms with E-state index in [2.05, 4.69) is 35.5 Å². The van der Waals surface area contributed by atoms with E-state index in [1.54, 1.807) is 0 Å². The minimum atomic E-state index is 0.370. The van der Waals surface area contributed by atoms with Crippen LogP contribution in [0.4, 0.5) is 0 Å². The van der Waals surface area contributed by atoms with Crippen LogP contribution >= 0.6 is 0 Å². The molecule has 1 unspecified atom stereocenters. The van der Waals surface area contributed by atoms with Gasteiger partial charge in [-0.1, -0.05) is 0 Å². The second-order valence-corrected chi connectivity index (χ2v) is 10.7. The summed E-state index contributed by atoms with van der Waals surface area (Å²) < 4.78 is 0. The summed E-state index contributed by atoms with van der Waals surface area (Å²) in [5, 5.41) is 0. The molecule has 1 spiro atoms. The summed E-state index contributed by atoms with van der Waals surface area (Å²) in [6.45, 7) is 16.2. The first-order chi connectivity index (χ1) is 12.4. The highest BCUT2D eigenvalue weighted by Gasteiger charge is 2.48. The molecule has 0 radical (unpaired) electrons. The van der Waals surface area contributed by atoms with E-state index >= 15 is 0 Å². The van der Waals surface area contributed by atoms with Gasteiger partial charge >= 0.3 is 0 Å². The molecular weight excluding hydrogens is 320 g/mol. The lowest BCUT2D eigenvalue weighted by Crippen LogP contribution is -2.64. The van der Waals surface area contributed by atoms with Crippen LogP contribution in [0.5, 0.6) is 0 Å². The average molecular weight is 363 g/mol. The molecule has 3 saturated heterocycles. The quantitative estimate of drug-likeness (QED) is 0.788. The first kappa shape index (κ1) is 19.2. The Hall–Kier alpha value is -0.160. The van der Waals surface area contributed by atoms with Gasteiger partial charge in [0, 0.05) is 37.8 Å². The van der Waals surface area contributed by atoms with Crippen LogP contribution in [-0.4, -0.2) is 78.6 Å². The molecule has 4 aliphatic rings. The summed E-state index contributed by atoms with van der Waals surface area (Å²) in [6.07, 6.45) is 9.70. The van der Waals surface area contributed by atoms with Crippen LogP contribution < -0.4 is 5.73 Å². The summed E-state index contributed by atoms with van der Waals surface area (Å²) in [7, 11) is 0. The van der Waals surface area contributed by atoms with Gasteiger partial charge in [-0.25, -0.2) is 0 Å². The van der Waals surface area contributed by atoms with Crippen molar-refractivity contribution < 1.29 is 0 Å². The van der Waals surface area contributed by atoms with E-state index in [9.17, 15) is 0 Å². The maximum absolute atomic E-state index is 6.08. The van der Waals surface area contributed by atoms with E-state index in [1.807, 2.05) is 0 Å². The van der Waals surface area contributed by atoms with E-state index in [0.29, 0.717) is 16.9 Å². The number of hydrogen-bond acceptors (Lipinski definition) is 4. The van der Waals surface area contributed by atoms with Crippen molar-refractivity contribution in [1.29, 1.82) is 0 Å². The van der Waals surface area contributed by atoms with Crippen LogP contribution in [-0.2, 0) is 0 Å². The molecule has 3 heterocycles. The zero-order chi connectivity index (χ0) is 18.4. The average Bonchev–Trinajstić information content (AvgIpc) is 3.31. The Morgan fingerprint density at radius 3 is 2.04 bits per heavy atom. The van der Waals surface area contributed by atoms with Crippen molar-refractivity contribution in [2.75, 3.05) is 45.8 Å². The number of likely N-dealkylation sites (tertiary alicyclic amines) is 3. The Balaban J connectivity index is 1.18. The molecule has 4 heteroatoms. The number of nitrogens with two attached hydrogens (primary N) is 1. The molecule has 0 bridgehead atoms. The van der Waals surface area contributed by atoms with Gasteiger partial charge in [-0.05, 0) is 103 Å². The second-order valence-electron chi connectivity index (χ2n) is 10.7. The van der Waals surface area contributed by atoms with E-state index in [4.69, 9.17) is 5.73 Å². The van der Waals surface area contributed by atoms with Crippen LogP contribution in [0.25, 0.3) is 0 Å². The predicted octanol–water partition coefficient (Wildman–Crippen LogP) is 2.77. The van der Waals surface area contributed by atoms with Crippen molar-refractivity contribution in [1.82, 2.24) is 14.7 Å². The number of piperidine rings is 2. The Kier molecular flexibility index (Phi) is 5.42. The molecule has 0 amide bonds. The van der Waals surface area contributed by atoms with Crippen molar-refractivity contribution in [3.63, 3.8) is 0 Å². The lowest BCUT2D eigenvalue weighted by molar-refractivity contribution is -0.0838. The molecule has 4 rings (SSSR count). The fourth-order valence-corrected chi connectivity index (χ4v) is 6.11. The minimum absolute atomic E-state index is 0.370. The topological polar surface area (TPSA) is 35.7 Å². The largest absolute Gasteiger partial charge is 0.328 e. The summed E-state index contributed by atoms with van der Waals surface area (Å²) in [5.74, 6) is 0. The molecule has 1 atom stereocenters. The minimum Gasteiger partial charge on any atom is -0.328 e. The molecule has 0 aromatic carbocycles. The van der Waals surface area contributed by atoms with Gasteiger partial charge in [-0.3, -0.25) is 4.90 Å². The summed E-state index contributed by atoms with van der Waals surface area (Å²) in [5.41, 5.74) is 7.34. The van der Waals surface area contributed by atoms with Crippen LogP contribution in [0.15, 0.2) is 0 Å². The van der Waals surface area contributed by atoms with Gasteiger partial charge in [0.1, 0.15) is 0 Å². The van der Waals surface area contributed by atoms with Gasteiger partial charge in [-0.2, -0.15) is 0 Å². The van der Waals surface area contributed by atoms with Crippen LogP contribution in [0, 0.1) is 10.8 Å². The van der Waals surface area contributed by atoms with Gasteiger partial charge in [0.05, 0.1) is 0 Å². The highest BCUT2D eigenvalue weighted by molar-refractivity contribution is 5.02. The zero-order valence-corrected chi connectivity index (χ0v) is 17.6. The molecule has 26 heavy (non-hydrogen) atoms. The Morgan fingerprint density at radius 1 is 0.923 bits per heavy atom. The standard InChI is InChI=1S/C22H42N4/c1-18(2)25-12-8-22(9-13-25)16-26(17-22)20-4-10-24(11-5-20)15-21(6-7-21)14-19(3)23/h18-20H,4-17,23H2,1-3H3. The highest BCUT2D eigenvalue weighted by Crippen LogP contribution is 2.50. The zero-order valence-electron chi connectivity index (χ0n) is 17.6. The maximum Gasteiger partial charge on any atom is 0.0120 e. The molecule has 0 aromatic heterocycles. The van der Waals surface area contributed by atoms with Crippen molar-refractivity contribution in [2.24, 2.45) is 16.6 Å². The lowest BCUT2D eigenvalue weighted by Gasteiger charge is -2.58. The molecule has 2 N–H and O–H groups in total. The highest BCUT2D eigenvalue weighted by atomic mass is 15.3. The predicted molar refractivity (Wildman–Crippen MR) is 109 cm³/mol. The van der Waals surface area contributed by atoms with Gasteiger partial charge in [0.25, 0.3) is 0 Å². The van der Waals surface area contributed by atoms with Crippen molar-refractivity contribution in [3.05, 3.63) is 0 Å². The van der Waals surface area contributed by atoms with Gasteiger partial charge in [-0.15, -0.1) is 0 Å². The van der Waals surface area contributed by atoms with Crippen LogP contribution in [0.1, 0.15) is 65.7 Å². The van der Waals surface area contributed by atoms with E-state index < -0.39 is 0 Å². The van der Waals surface area contributed by atoms with Gasteiger partial charge < -0.3 is 15.5 Å². The molecule has 4 fully saturated rings. The summed E-state index contributed by atoms with van der Waals surface area (Å²) in [6, 6.07) is 1.96. The van der Waals surface area contributed by atoms with Crippen LogP contribution in [0.3, 0.4) is 0 Å². The Labute approximate surface area is 161 Å².